The highest BCUT2D eigenvalue weighted by Crippen LogP contribution is 2.25. The van der Waals surface area contributed by atoms with Crippen LogP contribution in [-0.2, 0) is 14.6 Å². The molecule has 1 aliphatic heterocycles. The molecule has 6 nitrogen and oxygen atoms in total. The van der Waals surface area contributed by atoms with E-state index in [-0.39, 0.29) is 15.5 Å². The molecule has 0 aliphatic carbocycles. The summed E-state index contributed by atoms with van der Waals surface area (Å²) in [4.78, 5) is 24.6. The molecule has 0 radical (unpaired) electrons. The number of halogens is 1. The summed E-state index contributed by atoms with van der Waals surface area (Å²) >= 11 is 5.83. The first-order valence-electron chi connectivity index (χ1n) is 6.25. The van der Waals surface area contributed by atoms with Crippen LogP contribution in [0.2, 0.25) is 5.02 Å². The van der Waals surface area contributed by atoms with E-state index in [4.69, 9.17) is 16.7 Å². The maximum absolute atomic E-state index is 12.4. The van der Waals surface area contributed by atoms with Crippen molar-refractivity contribution >= 4 is 33.3 Å². The number of rotatable bonds is 3. The highest BCUT2D eigenvalue weighted by Gasteiger charge is 2.34. The number of carbonyl (C=O) groups excluding carboxylic acids is 1. The average Bonchev–Trinajstić information content (AvgIpc) is 2.86. The lowest BCUT2D eigenvalue weighted by Crippen LogP contribution is -2.40. The largest absolute Gasteiger partial charge is 0.480 e. The van der Waals surface area contributed by atoms with Gasteiger partial charge in [-0.3, -0.25) is 4.79 Å². The Morgan fingerprint density at radius 1 is 1.38 bits per heavy atom. The Balaban J connectivity index is 2.39. The highest BCUT2D eigenvalue weighted by atomic mass is 35.5. The molecular weight excluding hydrogens is 318 g/mol. The molecule has 2 rings (SSSR count). The van der Waals surface area contributed by atoms with Crippen LogP contribution in [0.3, 0.4) is 0 Å². The Bertz CT molecular complexity index is 701. The molecule has 0 aromatic heterocycles. The van der Waals surface area contributed by atoms with E-state index in [0.29, 0.717) is 19.4 Å². The van der Waals surface area contributed by atoms with Crippen LogP contribution in [0.15, 0.2) is 23.1 Å². The van der Waals surface area contributed by atoms with E-state index in [1.54, 1.807) is 0 Å². The molecule has 0 bridgehead atoms. The van der Waals surface area contributed by atoms with Crippen LogP contribution in [0.25, 0.3) is 0 Å². The molecule has 1 aromatic carbocycles. The number of hydrogen-bond acceptors (Lipinski definition) is 4. The molecule has 1 atom stereocenters. The SMILES string of the molecule is CS(=O)(=O)c1cc(C(=O)N2CCC[C@H]2C(=O)O)ccc1Cl. The molecule has 0 saturated carbocycles. The Labute approximate surface area is 127 Å². The van der Waals surface area contributed by atoms with Crippen molar-refractivity contribution in [2.24, 2.45) is 0 Å². The number of hydrogen-bond donors (Lipinski definition) is 1. The lowest BCUT2D eigenvalue weighted by molar-refractivity contribution is -0.141. The maximum Gasteiger partial charge on any atom is 0.326 e. The molecule has 1 saturated heterocycles. The van der Waals surface area contributed by atoms with Gasteiger partial charge in [0.2, 0.25) is 0 Å². The molecule has 0 spiro atoms. The summed E-state index contributed by atoms with van der Waals surface area (Å²) in [6, 6.07) is 3.06. The molecule has 21 heavy (non-hydrogen) atoms. The zero-order valence-corrected chi connectivity index (χ0v) is 12.8. The average molecular weight is 332 g/mol. The smallest absolute Gasteiger partial charge is 0.326 e. The van der Waals surface area contributed by atoms with E-state index < -0.39 is 27.8 Å². The predicted molar refractivity (Wildman–Crippen MR) is 76.3 cm³/mol. The summed E-state index contributed by atoms with van der Waals surface area (Å²) in [5, 5.41) is 9.13. The third-order valence-corrected chi connectivity index (χ3v) is 4.95. The molecule has 1 fully saturated rings. The summed E-state index contributed by atoms with van der Waals surface area (Å²) in [5.41, 5.74) is 0.118. The van der Waals surface area contributed by atoms with E-state index in [1.165, 1.54) is 23.1 Å². The normalized spacial score (nSPS) is 18.8. The molecule has 0 unspecified atom stereocenters. The number of carboxylic acid groups (broad SMARTS) is 1. The number of nitrogens with zero attached hydrogens (tertiary/aromatic N) is 1. The van der Waals surface area contributed by atoms with Crippen molar-refractivity contribution < 1.29 is 23.1 Å². The summed E-state index contributed by atoms with van der Waals surface area (Å²) in [5.74, 6) is -1.56. The number of amides is 1. The Morgan fingerprint density at radius 2 is 2.05 bits per heavy atom. The van der Waals surface area contributed by atoms with Gasteiger partial charge < -0.3 is 10.0 Å². The fraction of sp³-hybridized carbons (Fsp3) is 0.385. The van der Waals surface area contributed by atoms with Gasteiger partial charge in [-0.15, -0.1) is 0 Å². The van der Waals surface area contributed by atoms with Crippen molar-refractivity contribution in [1.29, 1.82) is 0 Å². The second-order valence-electron chi connectivity index (χ2n) is 4.91. The summed E-state index contributed by atoms with van der Waals surface area (Å²) in [6.45, 7) is 0.340. The number of benzene rings is 1. The van der Waals surface area contributed by atoms with Gasteiger partial charge in [-0.2, -0.15) is 0 Å². The van der Waals surface area contributed by atoms with Crippen molar-refractivity contribution in [3.8, 4) is 0 Å². The monoisotopic (exact) mass is 331 g/mol. The van der Waals surface area contributed by atoms with Crippen LogP contribution in [0.1, 0.15) is 23.2 Å². The third kappa shape index (κ3) is 3.19. The zero-order chi connectivity index (χ0) is 15.8. The van der Waals surface area contributed by atoms with E-state index in [0.717, 1.165) is 6.26 Å². The molecule has 1 N–H and O–H groups in total. The highest BCUT2D eigenvalue weighted by molar-refractivity contribution is 7.90. The molecule has 1 aliphatic rings. The Kier molecular flexibility index (Phi) is 4.25. The number of carbonyl (C=O) groups is 2. The van der Waals surface area contributed by atoms with Gasteiger partial charge in [0.05, 0.1) is 9.92 Å². The summed E-state index contributed by atoms with van der Waals surface area (Å²) in [7, 11) is -3.56. The van der Waals surface area contributed by atoms with Gasteiger partial charge in [0.1, 0.15) is 6.04 Å². The van der Waals surface area contributed by atoms with Crippen LogP contribution in [0, 0.1) is 0 Å². The second kappa shape index (κ2) is 5.65. The quantitative estimate of drug-likeness (QED) is 0.904. The number of likely N-dealkylation sites (tertiary alicyclic amines) is 1. The van der Waals surface area contributed by atoms with E-state index in [1.807, 2.05) is 0 Å². The molecule has 8 heteroatoms. The first kappa shape index (κ1) is 15.8. The Morgan fingerprint density at radius 3 is 2.62 bits per heavy atom. The van der Waals surface area contributed by atoms with Gasteiger partial charge >= 0.3 is 5.97 Å². The predicted octanol–water partition coefficient (Wildman–Crippen LogP) is 1.43. The van der Waals surface area contributed by atoms with Crippen LogP contribution < -0.4 is 0 Å². The van der Waals surface area contributed by atoms with Crippen LogP contribution in [-0.4, -0.2) is 49.1 Å². The lowest BCUT2D eigenvalue weighted by atomic mass is 10.1. The fourth-order valence-electron chi connectivity index (χ4n) is 2.35. The number of sulfone groups is 1. The fourth-order valence-corrected chi connectivity index (χ4v) is 3.65. The van der Waals surface area contributed by atoms with Crippen molar-refractivity contribution in [2.45, 2.75) is 23.8 Å². The van der Waals surface area contributed by atoms with E-state index in [9.17, 15) is 18.0 Å². The van der Waals surface area contributed by atoms with Gasteiger partial charge in [0.15, 0.2) is 9.84 Å². The minimum atomic E-state index is -3.56. The molecule has 114 valence electrons. The number of aliphatic carboxylic acids is 1. The third-order valence-electron chi connectivity index (χ3n) is 3.38. The molecular formula is C13H14ClNO5S. The lowest BCUT2D eigenvalue weighted by Gasteiger charge is -2.21. The Hall–Kier alpha value is -1.60. The van der Waals surface area contributed by atoms with Gasteiger partial charge in [-0.05, 0) is 31.0 Å². The second-order valence-corrected chi connectivity index (χ2v) is 7.30. The summed E-state index contributed by atoms with van der Waals surface area (Å²) in [6.07, 6.45) is 2.00. The minimum Gasteiger partial charge on any atom is -0.480 e. The van der Waals surface area contributed by atoms with Gasteiger partial charge in [-0.25, -0.2) is 13.2 Å². The van der Waals surface area contributed by atoms with Crippen molar-refractivity contribution in [1.82, 2.24) is 4.90 Å². The standard InChI is InChI=1S/C13H14ClNO5S/c1-21(19,20)11-7-8(4-5-9(11)14)12(16)15-6-2-3-10(15)13(17)18/h4-5,7,10H,2-3,6H2,1H3,(H,17,18)/t10-/m0/s1. The van der Waals surface area contributed by atoms with E-state index in [2.05, 4.69) is 0 Å². The maximum atomic E-state index is 12.4. The van der Waals surface area contributed by atoms with Crippen LogP contribution in [0.5, 0.6) is 0 Å². The zero-order valence-electron chi connectivity index (χ0n) is 11.2. The first-order chi connectivity index (χ1) is 9.71. The van der Waals surface area contributed by atoms with Crippen LogP contribution >= 0.6 is 11.6 Å². The molecule has 1 amide bonds. The van der Waals surface area contributed by atoms with Crippen LogP contribution in [0.4, 0.5) is 0 Å². The van der Waals surface area contributed by atoms with Crippen molar-refractivity contribution in [3.05, 3.63) is 28.8 Å². The van der Waals surface area contributed by atoms with Crippen molar-refractivity contribution in [2.75, 3.05) is 12.8 Å². The molecule has 1 aromatic rings. The van der Waals surface area contributed by atoms with Gasteiger partial charge in [0, 0.05) is 18.4 Å². The number of carboxylic acids is 1. The summed E-state index contributed by atoms with van der Waals surface area (Å²) < 4.78 is 23.2. The minimum absolute atomic E-state index is 0.0326. The van der Waals surface area contributed by atoms with Crippen molar-refractivity contribution in [3.63, 3.8) is 0 Å². The molecule has 1 heterocycles. The van der Waals surface area contributed by atoms with E-state index >= 15 is 0 Å². The topological polar surface area (TPSA) is 91.8 Å². The first-order valence-corrected chi connectivity index (χ1v) is 8.52. The van der Waals surface area contributed by atoms with Gasteiger partial charge in [0.25, 0.3) is 5.91 Å². The van der Waals surface area contributed by atoms with Gasteiger partial charge in [-0.1, -0.05) is 11.6 Å².